The van der Waals surface area contributed by atoms with E-state index in [0.717, 1.165) is 30.4 Å². The highest BCUT2D eigenvalue weighted by Gasteiger charge is 2.16. The summed E-state index contributed by atoms with van der Waals surface area (Å²) in [6, 6.07) is 0. The molecule has 1 aromatic heterocycles. The van der Waals surface area contributed by atoms with E-state index in [9.17, 15) is 4.79 Å². The standard InChI is InChI=1S/C10H12N2O2S/c1-15-10-11-8-3-5-14-4-2-7(8)9(6-13)12-10/h6H,2-5H2,1H3. The van der Waals surface area contributed by atoms with Gasteiger partial charge in [0.05, 0.1) is 18.9 Å². The molecule has 0 amide bonds. The Morgan fingerprint density at radius 1 is 1.33 bits per heavy atom. The van der Waals surface area contributed by atoms with Crippen LogP contribution >= 0.6 is 11.8 Å². The van der Waals surface area contributed by atoms with Crippen molar-refractivity contribution in [3.8, 4) is 0 Å². The number of nitrogens with zero attached hydrogens (tertiary/aromatic N) is 2. The van der Waals surface area contributed by atoms with Gasteiger partial charge in [-0.25, -0.2) is 9.97 Å². The second-order valence-corrected chi connectivity index (χ2v) is 4.02. The van der Waals surface area contributed by atoms with Gasteiger partial charge < -0.3 is 4.74 Å². The molecule has 0 aliphatic carbocycles. The summed E-state index contributed by atoms with van der Waals surface area (Å²) in [5, 5.41) is 0.665. The number of fused-ring (bicyclic) bond motifs is 1. The van der Waals surface area contributed by atoms with Crippen molar-refractivity contribution < 1.29 is 9.53 Å². The summed E-state index contributed by atoms with van der Waals surface area (Å²) < 4.78 is 5.36. The molecule has 0 N–H and O–H groups in total. The summed E-state index contributed by atoms with van der Waals surface area (Å²) in [5.41, 5.74) is 2.45. The van der Waals surface area contributed by atoms with Crippen molar-refractivity contribution in [3.05, 3.63) is 17.0 Å². The average molecular weight is 224 g/mol. The highest BCUT2D eigenvalue weighted by molar-refractivity contribution is 7.98. The van der Waals surface area contributed by atoms with Crippen LogP contribution in [0.4, 0.5) is 0 Å². The predicted octanol–water partition coefficient (Wildman–Crippen LogP) is 1.13. The van der Waals surface area contributed by atoms with Crippen LogP contribution in [0.2, 0.25) is 0 Å². The van der Waals surface area contributed by atoms with E-state index in [1.165, 1.54) is 11.8 Å². The lowest BCUT2D eigenvalue weighted by Crippen LogP contribution is -2.06. The first kappa shape index (κ1) is 10.6. The zero-order chi connectivity index (χ0) is 10.7. The quantitative estimate of drug-likeness (QED) is 0.428. The van der Waals surface area contributed by atoms with Gasteiger partial charge in [-0.05, 0) is 12.7 Å². The fraction of sp³-hybridized carbons (Fsp3) is 0.500. The molecule has 0 fully saturated rings. The molecule has 2 rings (SSSR count). The minimum Gasteiger partial charge on any atom is -0.381 e. The Morgan fingerprint density at radius 3 is 2.87 bits per heavy atom. The van der Waals surface area contributed by atoms with Gasteiger partial charge >= 0.3 is 0 Å². The van der Waals surface area contributed by atoms with E-state index >= 15 is 0 Å². The second kappa shape index (κ2) is 4.72. The van der Waals surface area contributed by atoms with Crippen LogP contribution in [0.15, 0.2) is 5.16 Å². The summed E-state index contributed by atoms with van der Waals surface area (Å²) >= 11 is 1.46. The Bertz CT molecular complexity index is 382. The van der Waals surface area contributed by atoms with Gasteiger partial charge in [-0.3, -0.25) is 4.79 Å². The molecule has 2 heterocycles. The molecule has 1 aliphatic heterocycles. The fourth-order valence-electron chi connectivity index (χ4n) is 1.64. The lowest BCUT2D eigenvalue weighted by atomic mass is 10.1. The van der Waals surface area contributed by atoms with E-state index in [-0.39, 0.29) is 0 Å². The van der Waals surface area contributed by atoms with Crippen LogP contribution in [-0.2, 0) is 17.6 Å². The minimum atomic E-state index is 0.523. The number of ether oxygens (including phenoxy) is 1. The third-order valence-corrected chi connectivity index (χ3v) is 2.93. The Balaban J connectivity index is 2.49. The molecular weight excluding hydrogens is 212 g/mol. The average Bonchev–Trinajstić information content (AvgIpc) is 2.52. The number of aldehydes is 1. The van der Waals surface area contributed by atoms with Crippen LogP contribution in [0.25, 0.3) is 0 Å². The molecule has 0 aromatic carbocycles. The van der Waals surface area contributed by atoms with Crippen molar-refractivity contribution in [1.29, 1.82) is 0 Å². The van der Waals surface area contributed by atoms with Crippen LogP contribution in [0.1, 0.15) is 21.7 Å². The zero-order valence-corrected chi connectivity index (χ0v) is 9.34. The maximum absolute atomic E-state index is 10.9. The van der Waals surface area contributed by atoms with E-state index in [1.807, 2.05) is 6.26 Å². The van der Waals surface area contributed by atoms with Crippen molar-refractivity contribution in [2.45, 2.75) is 18.0 Å². The summed E-state index contributed by atoms with van der Waals surface area (Å²) in [6.07, 6.45) is 4.22. The van der Waals surface area contributed by atoms with Crippen LogP contribution in [0.5, 0.6) is 0 Å². The SMILES string of the molecule is CSc1nc(C=O)c2c(n1)CCOCC2. The lowest BCUT2D eigenvalue weighted by Gasteiger charge is -2.07. The number of thioether (sulfide) groups is 1. The smallest absolute Gasteiger partial charge is 0.188 e. The molecule has 0 radical (unpaired) electrons. The third kappa shape index (κ3) is 2.18. The monoisotopic (exact) mass is 224 g/mol. The molecule has 4 nitrogen and oxygen atoms in total. The molecule has 0 bridgehead atoms. The van der Waals surface area contributed by atoms with Gasteiger partial charge in [0.15, 0.2) is 11.4 Å². The number of hydrogen-bond donors (Lipinski definition) is 0. The number of rotatable bonds is 2. The molecular formula is C10H12N2O2S. The Kier molecular flexibility index (Phi) is 3.33. The minimum absolute atomic E-state index is 0.523. The van der Waals surface area contributed by atoms with E-state index in [2.05, 4.69) is 9.97 Å². The van der Waals surface area contributed by atoms with Gasteiger partial charge in [-0.1, -0.05) is 11.8 Å². The van der Waals surface area contributed by atoms with Crippen LogP contribution in [0, 0.1) is 0 Å². The van der Waals surface area contributed by atoms with Gasteiger partial charge in [-0.2, -0.15) is 0 Å². The van der Waals surface area contributed by atoms with Crippen LogP contribution in [-0.4, -0.2) is 35.7 Å². The van der Waals surface area contributed by atoms with E-state index in [4.69, 9.17) is 4.74 Å². The molecule has 0 unspecified atom stereocenters. The first-order valence-corrected chi connectivity index (χ1v) is 6.04. The number of carbonyl (C=O) groups excluding carboxylic acids is 1. The molecule has 0 saturated heterocycles. The van der Waals surface area contributed by atoms with Gasteiger partial charge in [0.2, 0.25) is 0 Å². The highest BCUT2D eigenvalue weighted by Crippen LogP contribution is 2.18. The van der Waals surface area contributed by atoms with Gasteiger partial charge in [-0.15, -0.1) is 0 Å². The van der Waals surface area contributed by atoms with Gasteiger partial charge in [0.1, 0.15) is 5.69 Å². The summed E-state index contributed by atoms with van der Waals surface area (Å²) in [5.74, 6) is 0. The number of hydrogen-bond acceptors (Lipinski definition) is 5. The van der Waals surface area contributed by atoms with Crippen molar-refractivity contribution in [2.24, 2.45) is 0 Å². The normalized spacial score (nSPS) is 15.5. The van der Waals surface area contributed by atoms with Crippen molar-refractivity contribution in [1.82, 2.24) is 9.97 Å². The first-order valence-electron chi connectivity index (χ1n) is 4.82. The molecule has 1 aliphatic rings. The third-order valence-electron chi connectivity index (χ3n) is 2.38. The van der Waals surface area contributed by atoms with Crippen molar-refractivity contribution in [2.75, 3.05) is 19.5 Å². The van der Waals surface area contributed by atoms with Crippen LogP contribution in [0.3, 0.4) is 0 Å². The van der Waals surface area contributed by atoms with Crippen molar-refractivity contribution in [3.63, 3.8) is 0 Å². The maximum Gasteiger partial charge on any atom is 0.188 e. The topological polar surface area (TPSA) is 52.1 Å². The van der Waals surface area contributed by atoms with E-state index in [0.29, 0.717) is 24.1 Å². The largest absolute Gasteiger partial charge is 0.381 e. The number of aromatic nitrogens is 2. The molecule has 0 atom stereocenters. The van der Waals surface area contributed by atoms with E-state index < -0.39 is 0 Å². The van der Waals surface area contributed by atoms with Crippen LogP contribution < -0.4 is 0 Å². The molecule has 1 aromatic rings. The zero-order valence-electron chi connectivity index (χ0n) is 8.52. The highest BCUT2D eigenvalue weighted by atomic mass is 32.2. The van der Waals surface area contributed by atoms with Crippen molar-refractivity contribution >= 4 is 18.0 Å². The summed E-state index contributed by atoms with van der Waals surface area (Å²) in [4.78, 5) is 19.5. The molecule has 5 heteroatoms. The fourth-order valence-corrected chi connectivity index (χ4v) is 2.03. The maximum atomic E-state index is 10.9. The van der Waals surface area contributed by atoms with Gasteiger partial charge in [0.25, 0.3) is 0 Å². The lowest BCUT2D eigenvalue weighted by molar-refractivity contribution is 0.111. The second-order valence-electron chi connectivity index (χ2n) is 3.25. The number of carbonyl (C=O) groups is 1. The Hall–Kier alpha value is -0.940. The molecule has 80 valence electrons. The molecule has 15 heavy (non-hydrogen) atoms. The predicted molar refractivity (Wildman–Crippen MR) is 57.4 cm³/mol. The molecule has 0 saturated carbocycles. The Labute approximate surface area is 92.5 Å². The molecule has 0 spiro atoms. The summed E-state index contributed by atoms with van der Waals surface area (Å²) in [6.45, 7) is 1.33. The van der Waals surface area contributed by atoms with Gasteiger partial charge in [0, 0.05) is 12.0 Å². The summed E-state index contributed by atoms with van der Waals surface area (Å²) in [7, 11) is 0. The Morgan fingerprint density at radius 2 is 2.13 bits per heavy atom. The van der Waals surface area contributed by atoms with E-state index in [1.54, 1.807) is 0 Å². The first-order chi connectivity index (χ1) is 7.35.